The fourth-order valence-corrected chi connectivity index (χ4v) is 3.57. The minimum atomic E-state index is -0.0205. The summed E-state index contributed by atoms with van der Waals surface area (Å²) in [6.07, 6.45) is 6.57. The number of benzene rings is 1. The summed E-state index contributed by atoms with van der Waals surface area (Å²) in [4.78, 5) is 17.9. The smallest absolute Gasteiger partial charge is 0.280 e. The Kier molecular flexibility index (Phi) is 5.41. The molecule has 0 bridgehead atoms. The summed E-state index contributed by atoms with van der Waals surface area (Å²) >= 11 is 0. The number of aromatic amines is 1. The Morgan fingerprint density at radius 1 is 1.28 bits per heavy atom. The van der Waals surface area contributed by atoms with Crippen LogP contribution >= 0.6 is 0 Å². The van der Waals surface area contributed by atoms with Crippen molar-refractivity contribution in [1.29, 1.82) is 0 Å². The Balaban J connectivity index is 2.02. The third kappa shape index (κ3) is 3.70. The molecule has 1 heterocycles. The van der Waals surface area contributed by atoms with Crippen LogP contribution in [0.25, 0.3) is 5.69 Å². The van der Waals surface area contributed by atoms with Crippen molar-refractivity contribution in [2.45, 2.75) is 58.4 Å². The molecule has 134 valence electrons. The lowest BCUT2D eigenvalue weighted by atomic mass is 10.1. The number of aliphatic imine (C=N–C) groups is 1. The van der Waals surface area contributed by atoms with Gasteiger partial charge in [-0.05, 0) is 50.5 Å². The highest BCUT2D eigenvalue weighted by Gasteiger charge is 2.20. The fraction of sp³-hybridized carbons (Fsp3) is 0.500. The number of nitrogens with one attached hydrogen (secondary N) is 1. The summed E-state index contributed by atoms with van der Waals surface area (Å²) in [6, 6.07) is 7.88. The second-order valence-corrected chi connectivity index (χ2v) is 6.71. The fourth-order valence-electron chi connectivity index (χ4n) is 3.57. The maximum Gasteiger partial charge on any atom is 0.280 e. The van der Waals surface area contributed by atoms with E-state index in [0.717, 1.165) is 54.1 Å². The molecule has 1 aliphatic rings. The lowest BCUT2D eigenvalue weighted by Gasteiger charge is -2.05. The number of aryl methyl sites for hydroxylation is 1. The molecule has 2 aromatic rings. The highest BCUT2D eigenvalue weighted by atomic mass is 16.5. The Hall–Kier alpha value is -2.30. The van der Waals surface area contributed by atoms with E-state index in [9.17, 15) is 4.79 Å². The molecule has 25 heavy (non-hydrogen) atoms. The molecule has 0 amide bonds. The van der Waals surface area contributed by atoms with Gasteiger partial charge in [0.1, 0.15) is 5.75 Å². The molecule has 0 radical (unpaired) electrons. The molecule has 5 heteroatoms. The Labute approximate surface area is 148 Å². The number of aromatic nitrogens is 2. The van der Waals surface area contributed by atoms with Crippen LogP contribution in [0.3, 0.4) is 0 Å². The highest BCUT2D eigenvalue weighted by molar-refractivity contribution is 5.99. The van der Waals surface area contributed by atoms with E-state index in [1.54, 1.807) is 11.8 Å². The summed E-state index contributed by atoms with van der Waals surface area (Å²) in [5.41, 5.74) is 3.37. The first kappa shape index (κ1) is 17.5. The summed E-state index contributed by atoms with van der Waals surface area (Å²) in [5.74, 6) is 0.774. The molecular formula is C20H27N3O2. The number of hydrogen-bond donors (Lipinski definition) is 1. The van der Waals surface area contributed by atoms with Crippen LogP contribution in [-0.2, 0) is 6.42 Å². The van der Waals surface area contributed by atoms with Crippen LogP contribution in [0.1, 0.15) is 57.2 Å². The van der Waals surface area contributed by atoms with E-state index < -0.39 is 0 Å². The molecule has 3 rings (SSSR count). The van der Waals surface area contributed by atoms with Crippen LogP contribution in [0.2, 0.25) is 0 Å². The third-order valence-electron chi connectivity index (χ3n) is 4.86. The van der Waals surface area contributed by atoms with Crippen LogP contribution < -0.4 is 10.3 Å². The third-order valence-corrected chi connectivity index (χ3v) is 4.86. The standard InChI is InChI=1S/C20H27N3O2/c1-4-7-18-19(14(2)21-15-8-5-6-9-15)20(24)23(22-18)16-10-12-17(25-3)13-11-16/h10-13,15,22H,4-9H2,1-3H3. The molecule has 1 aliphatic carbocycles. The minimum Gasteiger partial charge on any atom is -0.497 e. The quantitative estimate of drug-likeness (QED) is 0.811. The second kappa shape index (κ2) is 7.72. The molecule has 0 saturated heterocycles. The zero-order valence-electron chi connectivity index (χ0n) is 15.3. The lowest BCUT2D eigenvalue weighted by Crippen LogP contribution is -2.20. The molecule has 1 aromatic carbocycles. The second-order valence-electron chi connectivity index (χ2n) is 6.71. The highest BCUT2D eigenvalue weighted by Crippen LogP contribution is 2.22. The van der Waals surface area contributed by atoms with Crippen molar-refractivity contribution >= 4 is 5.71 Å². The van der Waals surface area contributed by atoms with E-state index in [0.29, 0.717) is 6.04 Å². The largest absolute Gasteiger partial charge is 0.497 e. The predicted octanol–water partition coefficient (Wildman–Crippen LogP) is 3.88. The first-order valence-corrected chi connectivity index (χ1v) is 9.17. The van der Waals surface area contributed by atoms with Gasteiger partial charge < -0.3 is 4.74 Å². The van der Waals surface area contributed by atoms with Crippen molar-refractivity contribution in [3.63, 3.8) is 0 Å². The van der Waals surface area contributed by atoms with Gasteiger partial charge in [-0.3, -0.25) is 14.9 Å². The van der Waals surface area contributed by atoms with Crippen LogP contribution in [0.4, 0.5) is 0 Å². The number of rotatable bonds is 6. The van der Waals surface area contributed by atoms with Gasteiger partial charge in [0.2, 0.25) is 0 Å². The van der Waals surface area contributed by atoms with Gasteiger partial charge in [0.15, 0.2) is 0 Å². The topological polar surface area (TPSA) is 59.4 Å². The summed E-state index contributed by atoms with van der Waals surface area (Å²) in [6.45, 7) is 4.09. The summed E-state index contributed by atoms with van der Waals surface area (Å²) in [7, 11) is 1.64. The molecular weight excluding hydrogens is 314 g/mol. The van der Waals surface area contributed by atoms with Gasteiger partial charge in [0, 0.05) is 11.4 Å². The molecule has 0 spiro atoms. The minimum absolute atomic E-state index is 0.0205. The van der Waals surface area contributed by atoms with Gasteiger partial charge >= 0.3 is 0 Å². The van der Waals surface area contributed by atoms with E-state index in [1.165, 1.54) is 12.8 Å². The van der Waals surface area contributed by atoms with Gasteiger partial charge in [-0.15, -0.1) is 0 Å². The molecule has 0 atom stereocenters. The number of ether oxygens (including phenoxy) is 1. The average molecular weight is 341 g/mol. The Morgan fingerprint density at radius 3 is 2.56 bits per heavy atom. The van der Waals surface area contributed by atoms with Crippen molar-refractivity contribution in [3.8, 4) is 11.4 Å². The number of H-pyrrole nitrogens is 1. The molecule has 1 saturated carbocycles. The number of nitrogens with zero attached hydrogens (tertiary/aromatic N) is 2. The van der Waals surface area contributed by atoms with Gasteiger partial charge in [0.25, 0.3) is 5.56 Å². The van der Waals surface area contributed by atoms with Crippen LogP contribution in [0.15, 0.2) is 34.1 Å². The molecule has 1 aromatic heterocycles. The molecule has 1 N–H and O–H groups in total. The molecule has 5 nitrogen and oxygen atoms in total. The molecule has 0 unspecified atom stereocenters. The van der Waals surface area contributed by atoms with Crippen LogP contribution in [0, 0.1) is 0 Å². The van der Waals surface area contributed by atoms with Crippen molar-refractivity contribution in [3.05, 3.63) is 45.9 Å². The Morgan fingerprint density at radius 2 is 1.96 bits per heavy atom. The van der Waals surface area contributed by atoms with Crippen molar-refractivity contribution < 1.29 is 4.74 Å². The zero-order chi connectivity index (χ0) is 17.8. The van der Waals surface area contributed by atoms with E-state index in [-0.39, 0.29) is 5.56 Å². The van der Waals surface area contributed by atoms with Crippen molar-refractivity contribution in [2.24, 2.45) is 4.99 Å². The van der Waals surface area contributed by atoms with Gasteiger partial charge in [-0.2, -0.15) is 0 Å². The van der Waals surface area contributed by atoms with E-state index in [4.69, 9.17) is 9.73 Å². The van der Waals surface area contributed by atoms with E-state index >= 15 is 0 Å². The maximum atomic E-state index is 13.1. The monoisotopic (exact) mass is 341 g/mol. The SMILES string of the molecule is CCCc1[nH]n(-c2ccc(OC)cc2)c(=O)c1C(C)=NC1CCCC1. The maximum absolute atomic E-state index is 13.1. The zero-order valence-corrected chi connectivity index (χ0v) is 15.3. The summed E-state index contributed by atoms with van der Waals surface area (Å²) < 4.78 is 6.82. The van der Waals surface area contributed by atoms with Crippen LogP contribution in [0.5, 0.6) is 5.75 Å². The lowest BCUT2D eigenvalue weighted by molar-refractivity contribution is 0.414. The number of methoxy groups -OCH3 is 1. The van der Waals surface area contributed by atoms with Gasteiger partial charge in [0.05, 0.1) is 24.4 Å². The van der Waals surface area contributed by atoms with E-state index in [1.807, 2.05) is 31.2 Å². The first-order chi connectivity index (χ1) is 12.1. The van der Waals surface area contributed by atoms with Crippen molar-refractivity contribution in [2.75, 3.05) is 7.11 Å². The van der Waals surface area contributed by atoms with Gasteiger partial charge in [-0.1, -0.05) is 26.2 Å². The molecule has 0 aliphatic heterocycles. The normalized spacial score (nSPS) is 15.7. The average Bonchev–Trinajstić information content (AvgIpc) is 3.23. The first-order valence-electron chi connectivity index (χ1n) is 9.17. The van der Waals surface area contributed by atoms with Crippen LogP contribution in [-0.4, -0.2) is 28.6 Å². The molecule has 1 fully saturated rings. The predicted molar refractivity (Wildman–Crippen MR) is 101 cm³/mol. The summed E-state index contributed by atoms with van der Waals surface area (Å²) in [5, 5.41) is 3.29. The van der Waals surface area contributed by atoms with Crippen molar-refractivity contribution in [1.82, 2.24) is 9.78 Å². The Bertz CT molecular complexity index is 793. The number of hydrogen-bond acceptors (Lipinski definition) is 3. The van der Waals surface area contributed by atoms with E-state index in [2.05, 4.69) is 12.0 Å². The van der Waals surface area contributed by atoms with Gasteiger partial charge in [-0.25, -0.2) is 4.68 Å².